The van der Waals surface area contributed by atoms with E-state index in [2.05, 4.69) is 16.5 Å². The summed E-state index contributed by atoms with van der Waals surface area (Å²) >= 11 is 13.0. The Morgan fingerprint density at radius 3 is 2.00 bits per heavy atom. The second-order valence-electron chi connectivity index (χ2n) is 11.4. The monoisotopic (exact) mass is 668 g/mol. The molecule has 0 spiro atoms. The summed E-state index contributed by atoms with van der Waals surface area (Å²) in [5, 5.41) is 11.6. The molecule has 1 N–H and O–H groups in total. The lowest BCUT2D eigenvalue weighted by molar-refractivity contribution is -0.199. The number of carbonyl (C=O) groups excluding carboxylic acids is 1. The first-order chi connectivity index (χ1) is 22.0. The van der Waals surface area contributed by atoms with Crippen LogP contribution in [0.1, 0.15) is 52.9 Å². The van der Waals surface area contributed by atoms with Gasteiger partial charge in [0.2, 0.25) is 0 Å². The molecule has 0 aliphatic carbocycles. The molecular weight excluding hydrogens is 631 g/mol. The fourth-order valence-corrected chi connectivity index (χ4v) is 5.67. The second-order valence-corrected chi connectivity index (χ2v) is 12.2. The summed E-state index contributed by atoms with van der Waals surface area (Å²) in [4.78, 5) is 34.9. The third-order valence-corrected chi connectivity index (χ3v) is 7.87. The summed E-state index contributed by atoms with van der Waals surface area (Å²) in [5.74, 6) is -3.10. The fraction of sp³-hybridized carbons (Fsp3) is 0.371. The van der Waals surface area contributed by atoms with E-state index in [4.69, 9.17) is 42.1 Å². The molecule has 2 aromatic carbocycles. The Morgan fingerprint density at radius 1 is 0.935 bits per heavy atom. The highest BCUT2D eigenvalue weighted by atomic mass is 35.5. The average molecular weight is 670 g/mol. The quantitative estimate of drug-likeness (QED) is 0.0672. The second kappa shape index (κ2) is 16.1. The molecule has 0 bridgehead atoms. The normalized spacial score (nSPS) is 13.0. The van der Waals surface area contributed by atoms with Crippen molar-refractivity contribution in [3.63, 3.8) is 0 Å². The highest BCUT2D eigenvalue weighted by molar-refractivity contribution is 6.36. The number of carboxylic acid groups (broad SMARTS) is 1. The Balaban J connectivity index is 1.83. The van der Waals surface area contributed by atoms with Gasteiger partial charge in [-0.25, -0.2) is 4.79 Å². The average Bonchev–Trinajstić information content (AvgIpc) is 3.02. The van der Waals surface area contributed by atoms with Crippen LogP contribution in [0.5, 0.6) is 11.5 Å². The van der Waals surface area contributed by atoms with Crippen LogP contribution in [-0.4, -0.2) is 51.6 Å². The maximum absolute atomic E-state index is 14.4. The van der Waals surface area contributed by atoms with Gasteiger partial charge >= 0.3 is 17.7 Å². The van der Waals surface area contributed by atoms with Gasteiger partial charge in [-0.1, -0.05) is 43.1 Å². The summed E-state index contributed by atoms with van der Waals surface area (Å²) in [5.41, 5.74) is 0.839. The van der Waals surface area contributed by atoms with Crippen molar-refractivity contribution in [3.8, 4) is 11.5 Å². The summed E-state index contributed by atoms with van der Waals surface area (Å²) in [6.07, 6.45) is 4.53. The molecule has 2 unspecified atom stereocenters. The van der Waals surface area contributed by atoms with E-state index in [0.29, 0.717) is 38.3 Å². The molecule has 9 nitrogen and oxygen atoms in total. The number of aromatic nitrogens is 2. The van der Waals surface area contributed by atoms with Crippen LogP contribution in [0.3, 0.4) is 0 Å². The van der Waals surface area contributed by atoms with Crippen LogP contribution in [-0.2, 0) is 19.1 Å². The molecule has 11 heteroatoms. The zero-order valence-corrected chi connectivity index (χ0v) is 27.6. The summed E-state index contributed by atoms with van der Waals surface area (Å²) in [7, 11) is 0. The van der Waals surface area contributed by atoms with Crippen molar-refractivity contribution < 1.29 is 33.6 Å². The van der Waals surface area contributed by atoms with Crippen LogP contribution in [0.4, 0.5) is 0 Å². The first-order valence-corrected chi connectivity index (χ1v) is 15.9. The number of rotatable bonds is 17. The highest BCUT2D eigenvalue weighted by Crippen LogP contribution is 2.38. The van der Waals surface area contributed by atoms with Crippen LogP contribution in [0, 0.1) is 5.92 Å². The van der Waals surface area contributed by atoms with E-state index in [0.717, 1.165) is 0 Å². The maximum Gasteiger partial charge on any atom is 0.393 e. The number of hydrogen-bond donors (Lipinski definition) is 1. The number of carboxylic acids is 1. The number of ether oxygens (including phenoxy) is 4. The Kier molecular flexibility index (Phi) is 12.2. The lowest BCUT2D eigenvalue weighted by Gasteiger charge is -2.34. The molecular formula is C35H38Cl2N2O7. The molecule has 0 amide bonds. The van der Waals surface area contributed by atoms with Crippen LogP contribution in [0.25, 0.3) is 21.8 Å². The number of halogens is 2. The fourth-order valence-electron chi connectivity index (χ4n) is 5.24. The van der Waals surface area contributed by atoms with E-state index in [1.54, 1.807) is 67.0 Å². The van der Waals surface area contributed by atoms with Crippen LogP contribution in [0.2, 0.25) is 10.0 Å². The van der Waals surface area contributed by atoms with E-state index < -0.39 is 29.9 Å². The van der Waals surface area contributed by atoms with Gasteiger partial charge in [-0.15, -0.1) is 6.58 Å². The van der Waals surface area contributed by atoms with E-state index in [1.807, 2.05) is 20.8 Å². The van der Waals surface area contributed by atoms with Crippen LogP contribution in [0.15, 0.2) is 73.6 Å². The van der Waals surface area contributed by atoms with Gasteiger partial charge in [-0.2, -0.15) is 0 Å². The molecule has 244 valence electrons. The van der Waals surface area contributed by atoms with E-state index in [9.17, 15) is 14.7 Å². The Labute approximate surface area is 278 Å². The van der Waals surface area contributed by atoms with E-state index in [-0.39, 0.29) is 49.7 Å². The number of fused-ring (bicyclic) bond motifs is 2. The van der Waals surface area contributed by atoms with Gasteiger partial charge in [0, 0.05) is 29.6 Å². The van der Waals surface area contributed by atoms with Crippen molar-refractivity contribution in [1.82, 2.24) is 9.97 Å². The number of esters is 1. The number of aliphatic carboxylic acids is 1. The van der Waals surface area contributed by atoms with E-state index in [1.165, 1.54) is 0 Å². The zero-order chi connectivity index (χ0) is 33.3. The lowest BCUT2D eigenvalue weighted by Crippen LogP contribution is -2.52. The van der Waals surface area contributed by atoms with Crippen molar-refractivity contribution in [1.29, 1.82) is 0 Å². The van der Waals surface area contributed by atoms with Gasteiger partial charge in [0.1, 0.15) is 11.0 Å². The van der Waals surface area contributed by atoms with Gasteiger partial charge < -0.3 is 24.1 Å². The van der Waals surface area contributed by atoms with Gasteiger partial charge in [-0.3, -0.25) is 14.8 Å². The minimum absolute atomic E-state index is 0.0400. The number of carbonyl (C=O) groups is 2. The van der Waals surface area contributed by atoms with Gasteiger partial charge in [-0.05, 0) is 80.6 Å². The SMILES string of the molecule is C=CCOC(CCCC(Oc1ccc(Cl)c2cccnc12)(Oc1ccc(Cl)c2cccnc12)C(=O)OC(C)CC(C)C)CC(=O)O. The molecule has 46 heavy (non-hydrogen) atoms. The molecule has 0 aliphatic heterocycles. The Hall–Kier alpha value is -3.92. The van der Waals surface area contributed by atoms with Crippen molar-refractivity contribution in [2.75, 3.05) is 6.61 Å². The topological polar surface area (TPSA) is 117 Å². The predicted molar refractivity (Wildman–Crippen MR) is 179 cm³/mol. The number of hydrogen-bond acceptors (Lipinski definition) is 8. The molecule has 4 aromatic rings. The predicted octanol–water partition coefficient (Wildman–Crippen LogP) is 8.44. The maximum atomic E-state index is 14.4. The molecule has 0 saturated heterocycles. The van der Waals surface area contributed by atoms with Crippen molar-refractivity contribution in [2.45, 2.75) is 70.9 Å². The van der Waals surface area contributed by atoms with Gasteiger partial charge in [0.25, 0.3) is 0 Å². The zero-order valence-electron chi connectivity index (χ0n) is 26.1. The molecule has 0 saturated carbocycles. The minimum Gasteiger partial charge on any atom is -0.481 e. The Morgan fingerprint density at radius 2 is 1.50 bits per heavy atom. The standard InChI is InChI=1S/C35H38Cl2N2O7/c1-5-19-43-24(21-31(40)41)9-6-16-35(34(42)44-23(4)20-22(2)3,45-29-14-12-27(36)25-10-7-17-38-32(25)29)46-30-15-13-28(37)26-11-8-18-39-33(26)30/h5,7-8,10-15,17-18,22-24H,1,6,9,16,19-21H2,2-4H3,(H,40,41). The minimum atomic E-state index is -2.06. The number of benzene rings is 2. The molecule has 0 fully saturated rings. The summed E-state index contributed by atoms with van der Waals surface area (Å²) in [6, 6.07) is 13.7. The third kappa shape index (κ3) is 8.87. The first-order valence-electron chi connectivity index (χ1n) is 15.1. The smallest absolute Gasteiger partial charge is 0.393 e. The molecule has 2 atom stereocenters. The van der Waals surface area contributed by atoms with Crippen molar-refractivity contribution in [2.24, 2.45) is 5.92 Å². The summed E-state index contributed by atoms with van der Waals surface area (Å²) < 4.78 is 25.0. The first kappa shape index (κ1) is 34.9. The molecule has 4 rings (SSSR count). The van der Waals surface area contributed by atoms with Crippen molar-refractivity contribution in [3.05, 3.63) is 83.6 Å². The molecule has 2 heterocycles. The molecule has 0 aliphatic rings. The number of nitrogens with zero attached hydrogens (tertiary/aromatic N) is 2. The third-order valence-electron chi connectivity index (χ3n) is 7.22. The van der Waals surface area contributed by atoms with Crippen LogP contribution < -0.4 is 9.47 Å². The van der Waals surface area contributed by atoms with E-state index >= 15 is 0 Å². The highest BCUT2D eigenvalue weighted by Gasteiger charge is 2.47. The Bertz CT molecular complexity index is 1590. The molecule has 2 aromatic heterocycles. The summed E-state index contributed by atoms with van der Waals surface area (Å²) in [6.45, 7) is 9.71. The van der Waals surface area contributed by atoms with Gasteiger partial charge in [0.15, 0.2) is 11.5 Å². The van der Waals surface area contributed by atoms with Crippen LogP contribution >= 0.6 is 23.2 Å². The van der Waals surface area contributed by atoms with Gasteiger partial charge in [0.05, 0.1) is 35.3 Å². The lowest BCUT2D eigenvalue weighted by atomic mass is 10.0. The largest absolute Gasteiger partial charge is 0.481 e. The van der Waals surface area contributed by atoms with Crippen molar-refractivity contribution >= 4 is 56.9 Å². The molecule has 0 radical (unpaired) electrons. The number of pyridine rings is 2.